The van der Waals surface area contributed by atoms with Gasteiger partial charge in [0.15, 0.2) is 23.3 Å². The normalized spacial score (nSPS) is 19.0. The number of carbonyl (C=O) groups excluding carboxylic acids is 1. The molecule has 23 heavy (non-hydrogen) atoms. The van der Waals surface area contributed by atoms with Crippen molar-refractivity contribution >= 4 is 5.97 Å². The maximum atomic E-state index is 12.3. The van der Waals surface area contributed by atoms with Crippen LogP contribution in [0.3, 0.4) is 0 Å². The van der Waals surface area contributed by atoms with Crippen molar-refractivity contribution in [2.24, 2.45) is 0 Å². The van der Waals surface area contributed by atoms with Crippen molar-refractivity contribution < 1.29 is 19.0 Å². The van der Waals surface area contributed by atoms with Crippen LogP contribution in [0.25, 0.3) is 0 Å². The number of esters is 1. The number of ether oxygens (including phenoxy) is 3. The number of fused-ring (bicyclic) bond motifs is 2. The Morgan fingerprint density at radius 1 is 1.26 bits per heavy atom. The Labute approximate surface area is 133 Å². The highest BCUT2D eigenvalue weighted by Crippen LogP contribution is 2.31. The first kappa shape index (κ1) is 14.1. The number of aromatic nitrogens is 2. The number of hydrogen-bond donors (Lipinski definition) is 1. The zero-order valence-electron chi connectivity index (χ0n) is 12.7. The third kappa shape index (κ3) is 2.76. The average Bonchev–Trinajstić information content (AvgIpc) is 3.03. The molecule has 0 amide bonds. The van der Waals surface area contributed by atoms with Gasteiger partial charge in [0.25, 0.3) is 0 Å². The highest BCUT2D eigenvalue weighted by atomic mass is 16.6. The van der Waals surface area contributed by atoms with Crippen LogP contribution >= 0.6 is 0 Å². The van der Waals surface area contributed by atoms with Crippen LogP contribution in [-0.2, 0) is 17.6 Å². The number of aromatic amines is 1. The van der Waals surface area contributed by atoms with E-state index in [1.165, 1.54) is 0 Å². The predicted octanol–water partition coefficient (Wildman–Crippen LogP) is 2.29. The van der Waals surface area contributed by atoms with E-state index in [0.29, 0.717) is 18.1 Å². The van der Waals surface area contributed by atoms with Crippen molar-refractivity contribution in [3.05, 3.63) is 41.2 Å². The van der Waals surface area contributed by atoms with Crippen LogP contribution in [0.5, 0.6) is 11.5 Å². The Morgan fingerprint density at radius 2 is 2.09 bits per heavy atom. The summed E-state index contributed by atoms with van der Waals surface area (Å²) in [6.07, 6.45) is 3.75. The summed E-state index contributed by atoms with van der Waals surface area (Å²) < 4.78 is 16.8. The number of para-hydroxylation sites is 2. The molecule has 1 aliphatic heterocycles. The molecule has 1 aromatic carbocycles. The number of rotatable bonds is 3. The molecule has 2 aliphatic rings. The van der Waals surface area contributed by atoms with Crippen molar-refractivity contribution in [3.8, 4) is 11.5 Å². The molecule has 1 aromatic heterocycles. The summed E-state index contributed by atoms with van der Waals surface area (Å²) in [5, 5.41) is 7.08. The monoisotopic (exact) mass is 314 g/mol. The molecule has 0 spiro atoms. The summed E-state index contributed by atoms with van der Waals surface area (Å²) in [6.45, 7) is 0.512. The lowest BCUT2D eigenvalue weighted by Crippen LogP contribution is -2.34. The molecular weight excluding hydrogens is 296 g/mol. The van der Waals surface area contributed by atoms with Crippen molar-refractivity contribution in [1.29, 1.82) is 0 Å². The average molecular weight is 314 g/mol. The quantitative estimate of drug-likeness (QED) is 0.880. The molecule has 6 nitrogen and oxygen atoms in total. The zero-order valence-corrected chi connectivity index (χ0v) is 12.7. The smallest absolute Gasteiger partial charge is 0.359 e. The number of aryl methyl sites for hydroxylation is 1. The van der Waals surface area contributed by atoms with Gasteiger partial charge in [-0.2, -0.15) is 5.10 Å². The van der Waals surface area contributed by atoms with Crippen LogP contribution in [0.1, 0.15) is 34.6 Å². The molecule has 2 aromatic rings. The zero-order chi connectivity index (χ0) is 15.6. The molecule has 120 valence electrons. The molecule has 0 saturated carbocycles. The molecule has 4 rings (SSSR count). The first-order chi connectivity index (χ1) is 11.3. The van der Waals surface area contributed by atoms with E-state index in [9.17, 15) is 4.79 Å². The molecule has 6 heteroatoms. The molecule has 1 N–H and O–H groups in total. The Balaban J connectivity index is 1.38. The number of nitrogens with one attached hydrogen (secondary N) is 1. The number of carbonyl (C=O) groups is 1. The number of benzene rings is 1. The van der Waals surface area contributed by atoms with Crippen LogP contribution in [0, 0.1) is 0 Å². The van der Waals surface area contributed by atoms with Gasteiger partial charge >= 0.3 is 5.97 Å². The van der Waals surface area contributed by atoms with E-state index < -0.39 is 5.97 Å². The first-order valence-electron chi connectivity index (χ1n) is 7.93. The van der Waals surface area contributed by atoms with E-state index in [4.69, 9.17) is 14.2 Å². The topological polar surface area (TPSA) is 73.4 Å². The summed E-state index contributed by atoms with van der Waals surface area (Å²) in [5.41, 5.74) is 2.48. The van der Waals surface area contributed by atoms with Crippen molar-refractivity contribution in [1.82, 2.24) is 10.2 Å². The fourth-order valence-corrected chi connectivity index (χ4v) is 3.03. The third-order valence-corrected chi connectivity index (χ3v) is 4.22. The van der Waals surface area contributed by atoms with Crippen LogP contribution < -0.4 is 9.47 Å². The predicted molar refractivity (Wildman–Crippen MR) is 81.9 cm³/mol. The minimum Gasteiger partial charge on any atom is -0.486 e. The van der Waals surface area contributed by atoms with E-state index in [-0.39, 0.29) is 12.7 Å². The SMILES string of the molecule is O=C(OCC1COc2ccccc2O1)c1n[nH]c2c1CCCC2. The van der Waals surface area contributed by atoms with Crippen LogP contribution in [0.15, 0.2) is 24.3 Å². The van der Waals surface area contributed by atoms with Gasteiger partial charge in [-0.3, -0.25) is 5.10 Å². The van der Waals surface area contributed by atoms with Crippen LogP contribution in [-0.4, -0.2) is 35.5 Å². The van der Waals surface area contributed by atoms with E-state index in [1.807, 2.05) is 24.3 Å². The van der Waals surface area contributed by atoms with Gasteiger partial charge in [0.1, 0.15) is 13.2 Å². The van der Waals surface area contributed by atoms with Gasteiger partial charge in [-0.05, 0) is 37.8 Å². The summed E-state index contributed by atoms with van der Waals surface area (Å²) in [4.78, 5) is 12.3. The number of H-pyrrole nitrogens is 1. The fraction of sp³-hybridized carbons (Fsp3) is 0.412. The summed E-state index contributed by atoms with van der Waals surface area (Å²) in [6, 6.07) is 7.47. The number of nitrogens with zero attached hydrogens (tertiary/aromatic N) is 1. The fourth-order valence-electron chi connectivity index (χ4n) is 3.03. The molecule has 0 radical (unpaired) electrons. The van der Waals surface area contributed by atoms with Gasteiger partial charge < -0.3 is 14.2 Å². The maximum absolute atomic E-state index is 12.3. The van der Waals surface area contributed by atoms with Gasteiger partial charge in [0.05, 0.1) is 0 Å². The summed E-state index contributed by atoms with van der Waals surface area (Å²) >= 11 is 0. The molecule has 1 atom stereocenters. The Bertz CT molecular complexity index is 725. The molecule has 1 aliphatic carbocycles. The van der Waals surface area contributed by atoms with E-state index in [0.717, 1.165) is 42.7 Å². The first-order valence-corrected chi connectivity index (χ1v) is 7.93. The van der Waals surface area contributed by atoms with Crippen molar-refractivity contribution in [3.63, 3.8) is 0 Å². The maximum Gasteiger partial charge on any atom is 0.359 e. The number of hydrogen-bond acceptors (Lipinski definition) is 5. The molecule has 0 bridgehead atoms. The highest BCUT2D eigenvalue weighted by molar-refractivity contribution is 5.89. The Morgan fingerprint density at radius 3 is 3.00 bits per heavy atom. The third-order valence-electron chi connectivity index (χ3n) is 4.22. The van der Waals surface area contributed by atoms with Crippen molar-refractivity contribution in [2.75, 3.05) is 13.2 Å². The lowest BCUT2D eigenvalue weighted by atomic mass is 9.96. The molecule has 2 heterocycles. The van der Waals surface area contributed by atoms with Crippen molar-refractivity contribution in [2.45, 2.75) is 31.8 Å². The summed E-state index contributed by atoms with van der Waals surface area (Å²) in [5.74, 6) is 1.00. The minimum absolute atomic E-state index is 0.148. The van der Waals surface area contributed by atoms with Gasteiger partial charge in [0, 0.05) is 11.3 Å². The van der Waals surface area contributed by atoms with E-state index in [1.54, 1.807) is 0 Å². The van der Waals surface area contributed by atoms with Gasteiger partial charge in [-0.15, -0.1) is 0 Å². The van der Waals surface area contributed by atoms with E-state index in [2.05, 4.69) is 10.2 Å². The van der Waals surface area contributed by atoms with Crippen LogP contribution in [0.2, 0.25) is 0 Å². The summed E-state index contributed by atoms with van der Waals surface area (Å²) in [7, 11) is 0. The van der Waals surface area contributed by atoms with E-state index >= 15 is 0 Å². The molecule has 0 fully saturated rings. The van der Waals surface area contributed by atoms with Gasteiger partial charge in [-0.1, -0.05) is 12.1 Å². The lowest BCUT2D eigenvalue weighted by Gasteiger charge is -2.25. The van der Waals surface area contributed by atoms with Gasteiger partial charge in [-0.25, -0.2) is 4.79 Å². The minimum atomic E-state index is -0.396. The second kappa shape index (κ2) is 5.95. The second-order valence-corrected chi connectivity index (χ2v) is 5.83. The standard InChI is InChI=1S/C17H18N2O4/c20-17(16-12-5-1-2-6-13(12)18-19-16)22-10-11-9-21-14-7-3-4-8-15(14)23-11/h3-4,7-8,11H,1-2,5-6,9-10H2,(H,18,19). The molecule has 0 saturated heterocycles. The molecular formula is C17H18N2O4. The van der Waals surface area contributed by atoms with Gasteiger partial charge in [0.2, 0.25) is 0 Å². The Hall–Kier alpha value is -2.50. The second-order valence-electron chi connectivity index (χ2n) is 5.83. The largest absolute Gasteiger partial charge is 0.486 e. The highest BCUT2D eigenvalue weighted by Gasteiger charge is 2.26. The molecule has 1 unspecified atom stereocenters. The van der Waals surface area contributed by atoms with Crippen LogP contribution in [0.4, 0.5) is 0 Å². The lowest BCUT2D eigenvalue weighted by molar-refractivity contribution is 0.0104. The Kier molecular flexibility index (Phi) is 3.65.